The van der Waals surface area contributed by atoms with Gasteiger partial charge >= 0.3 is 0 Å². The van der Waals surface area contributed by atoms with Crippen LogP contribution in [0.4, 0.5) is 5.13 Å². The van der Waals surface area contributed by atoms with E-state index in [1.54, 1.807) is 30.2 Å². The lowest BCUT2D eigenvalue weighted by Gasteiger charge is -2.34. The molecule has 1 aromatic heterocycles. The normalized spacial score (nSPS) is 14.5. The van der Waals surface area contributed by atoms with E-state index in [4.69, 9.17) is 9.72 Å². The third kappa shape index (κ3) is 3.95. The number of rotatable bonds is 5. The van der Waals surface area contributed by atoms with Crippen LogP contribution in [0.3, 0.4) is 0 Å². The molecule has 3 aromatic rings. The highest BCUT2D eigenvalue weighted by atomic mass is 32.2. The average molecular weight is 414 g/mol. The summed E-state index contributed by atoms with van der Waals surface area (Å²) in [5.74, 6) is 0.956. The molecule has 1 aliphatic rings. The van der Waals surface area contributed by atoms with Crippen molar-refractivity contribution in [2.24, 2.45) is 0 Å². The number of amides is 1. The Labute approximate surface area is 173 Å². The number of methoxy groups -OCH3 is 1. The number of nitrogens with zero attached hydrogens (tertiary/aromatic N) is 3. The standard InChI is InChI=1S/C21H23N3O2S2/c1-26-16-6-3-5-15(13-16)14-19(25)23-9-11-24(12-10-23)21-22-20-17(27-2)7-4-8-18(20)28-21/h3-8,13H,9-12,14H2,1-2H3. The first-order chi connectivity index (χ1) is 13.7. The summed E-state index contributed by atoms with van der Waals surface area (Å²) in [6.45, 7) is 3.10. The lowest BCUT2D eigenvalue weighted by Crippen LogP contribution is -2.49. The van der Waals surface area contributed by atoms with Gasteiger partial charge in [-0.25, -0.2) is 4.98 Å². The SMILES string of the molecule is COc1cccc(CC(=O)N2CCN(c3nc4c(SC)cccc4s3)CC2)c1. The number of benzene rings is 2. The maximum absolute atomic E-state index is 12.7. The minimum Gasteiger partial charge on any atom is -0.497 e. The largest absolute Gasteiger partial charge is 0.497 e. The monoisotopic (exact) mass is 413 g/mol. The van der Waals surface area contributed by atoms with Crippen LogP contribution < -0.4 is 9.64 Å². The van der Waals surface area contributed by atoms with Crippen LogP contribution in [0, 0.1) is 0 Å². The van der Waals surface area contributed by atoms with Gasteiger partial charge in [0, 0.05) is 31.1 Å². The Morgan fingerprint density at radius 1 is 1.18 bits per heavy atom. The molecule has 1 aliphatic heterocycles. The predicted molar refractivity (Wildman–Crippen MR) is 117 cm³/mol. The highest BCUT2D eigenvalue weighted by molar-refractivity contribution is 7.98. The van der Waals surface area contributed by atoms with E-state index >= 15 is 0 Å². The molecule has 0 aliphatic carbocycles. The van der Waals surface area contributed by atoms with Gasteiger partial charge in [0.2, 0.25) is 5.91 Å². The number of anilines is 1. The summed E-state index contributed by atoms with van der Waals surface area (Å²) in [4.78, 5) is 23.0. The first-order valence-electron chi connectivity index (χ1n) is 9.27. The van der Waals surface area contributed by atoms with E-state index in [0.29, 0.717) is 6.42 Å². The summed E-state index contributed by atoms with van der Waals surface area (Å²) >= 11 is 3.46. The van der Waals surface area contributed by atoms with Crippen molar-refractivity contribution < 1.29 is 9.53 Å². The van der Waals surface area contributed by atoms with Crippen molar-refractivity contribution in [2.45, 2.75) is 11.3 Å². The van der Waals surface area contributed by atoms with Crippen LogP contribution in [0.1, 0.15) is 5.56 Å². The van der Waals surface area contributed by atoms with Gasteiger partial charge in [0.15, 0.2) is 5.13 Å². The fourth-order valence-corrected chi connectivity index (χ4v) is 5.10. The third-order valence-electron chi connectivity index (χ3n) is 4.98. The molecule has 1 saturated heterocycles. The predicted octanol–water partition coefficient (Wildman–Crippen LogP) is 3.92. The molecule has 2 aromatic carbocycles. The second kappa shape index (κ2) is 8.41. The Bertz CT molecular complexity index is 981. The number of hydrogen-bond acceptors (Lipinski definition) is 6. The average Bonchev–Trinajstić information content (AvgIpc) is 3.18. The Balaban J connectivity index is 1.39. The van der Waals surface area contributed by atoms with E-state index in [9.17, 15) is 4.79 Å². The zero-order chi connectivity index (χ0) is 19.5. The maximum Gasteiger partial charge on any atom is 0.227 e. The topological polar surface area (TPSA) is 45.7 Å². The van der Waals surface area contributed by atoms with E-state index in [1.165, 1.54) is 9.60 Å². The van der Waals surface area contributed by atoms with Crippen LogP contribution in [0.25, 0.3) is 10.2 Å². The number of aromatic nitrogens is 1. The number of para-hydroxylation sites is 1. The maximum atomic E-state index is 12.7. The summed E-state index contributed by atoms with van der Waals surface area (Å²) in [6, 6.07) is 14.1. The van der Waals surface area contributed by atoms with E-state index in [-0.39, 0.29) is 5.91 Å². The van der Waals surface area contributed by atoms with Crippen molar-refractivity contribution in [2.75, 3.05) is 44.4 Å². The quantitative estimate of drug-likeness (QED) is 0.594. The molecule has 0 unspecified atom stereocenters. The molecule has 28 heavy (non-hydrogen) atoms. The number of fused-ring (bicyclic) bond motifs is 1. The molecule has 4 rings (SSSR count). The molecule has 1 amide bonds. The molecule has 1 fully saturated rings. The number of carbonyl (C=O) groups excluding carboxylic acids is 1. The molecule has 146 valence electrons. The molecule has 0 saturated carbocycles. The molecule has 0 spiro atoms. The Kier molecular flexibility index (Phi) is 5.73. The van der Waals surface area contributed by atoms with Gasteiger partial charge in [-0.15, -0.1) is 11.8 Å². The van der Waals surface area contributed by atoms with Crippen LogP contribution in [-0.4, -0.2) is 55.3 Å². The van der Waals surface area contributed by atoms with Crippen molar-refractivity contribution in [3.8, 4) is 5.75 Å². The molecule has 5 nitrogen and oxygen atoms in total. The van der Waals surface area contributed by atoms with Gasteiger partial charge < -0.3 is 14.5 Å². The highest BCUT2D eigenvalue weighted by Gasteiger charge is 2.23. The van der Waals surface area contributed by atoms with Gasteiger partial charge in [0.05, 0.1) is 23.7 Å². The minimum absolute atomic E-state index is 0.168. The van der Waals surface area contributed by atoms with Gasteiger partial charge in [0.25, 0.3) is 0 Å². The van der Waals surface area contributed by atoms with Crippen molar-refractivity contribution in [1.29, 1.82) is 0 Å². The second-order valence-corrected chi connectivity index (χ2v) is 8.56. The first-order valence-corrected chi connectivity index (χ1v) is 11.3. The van der Waals surface area contributed by atoms with Gasteiger partial charge in [-0.05, 0) is 36.1 Å². The van der Waals surface area contributed by atoms with Gasteiger partial charge in [-0.2, -0.15) is 0 Å². The van der Waals surface area contributed by atoms with E-state index in [0.717, 1.165) is 48.1 Å². The molecule has 0 atom stereocenters. The zero-order valence-electron chi connectivity index (χ0n) is 16.1. The summed E-state index contributed by atoms with van der Waals surface area (Å²) in [5, 5.41) is 1.05. The minimum atomic E-state index is 0.168. The van der Waals surface area contributed by atoms with E-state index < -0.39 is 0 Å². The highest BCUT2D eigenvalue weighted by Crippen LogP contribution is 2.34. The molecule has 0 radical (unpaired) electrons. The van der Waals surface area contributed by atoms with Crippen molar-refractivity contribution >= 4 is 44.4 Å². The van der Waals surface area contributed by atoms with Crippen LogP contribution in [0.2, 0.25) is 0 Å². The zero-order valence-corrected chi connectivity index (χ0v) is 17.7. The number of carbonyl (C=O) groups is 1. The molecule has 0 N–H and O–H groups in total. The lowest BCUT2D eigenvalue weighted by atomic mass is 10.1. The molecule has 2 heterocycles. The number of thioether (sulfide) groups is 1. The van der Waals surface area contributed by atoms with Gasteiger partial charge in [-0.1, -0.05) is 29.5 Å². The molecular formula is C21H23N3O2S2. The van der Waals surface area contributed by atoms with Crippen molar-refractivity contribution in [3.63, 3.8) is 0 Å². The van der Waals surface area contributed by atoms with Crippen LogP contribution in [0.15, 0.2) is 47.4 Å². The number of hydrogen-bond donors (Lipinski definition) is 0. The summed E-state index contributed by atoms with van der Waals surface area (Å²) in [5.41, 5.74) is 2.08. The number of thiazole rings is 1. The van der Waals surface area contributed by atoms with Crippen LogP contribution in [0.5, 0.6) is 5.75 Å². The Morgan fingerprint density at radius 3 is 2.71 bits per heavy atom. The van der Waals surface area contributed by atoms with E-state index in [2.05, 4.69) is 29.4 Å². The molecule has 7 heteroatoms. The van der Waals surface area contributed by atoms with E-state index in [1.807, 2.05) is 29.2 Å². The Hall–Kier alpha value is -2.25. The lowest BCUT2D eigenvalue weighted by molar-refractivity contribution is -0.130. The number of ether oxygens (including phenoxy) is 1. The fourth-order valence-electron chi connectivity index (χ4n) is 3.43. The van der Waals surface area contributed by atoms with Crippen LogP contribution in [-0.2, 0) is 11.2 Å². The molecular weight excluding hydrogens is 390 g/mol. The second-order valence-electron chi connectivity index (χ2n) is 6.70. The van der Waals surface area contributed by atoms with Crippen LogP contribution >= 0.6 is 23.1 Å². The molecule has 0 bridgehead atoms. The van der Waals surface area contributed by atoms with Crippen molar-refractivity contribution in [1.82, 2.24) is 9.88 Å². The van der Waals surface area contributed by atoms with Gasteiger partial charge in [0.1, 0.15) is 5.75 Å². The summed E-state index contributed by atoms with van der Waals surface area (Å²) < 4.78 is 6.47. The summed E-state index contributed by atoms with van der Waals surface area (Å²) in [7, 11) is 1.64. The first kappa shape index (κ1) is 19.1. The Morgan fingerprint density at radius 2 is 1.96 bits per heavy atom. The summed E-state index contributed by atoms with van der Waals surface area (Å²) in [6.07, 6.45) is 2.50. The van der Waals surface area contributed by atoms with Gasteiger partial charge in [-0.3, -0.25) is 4.79 Å². The van der Waals surface area contributed by atoms with Crippen molar-refractivity contribution in [3.05, 3.63) is 48.0 Å². The third-order valence-corrected chi connectivity index (χ3v) is 6.83. The number of piperazine rings is 1. The smallest absolute Gasteiger partial charge is 0.227 e. The fraction of sp³-hybridized carbons (Fsp3) is 0.333.